The molecule has 0 saturated heterocycles. The average molecular weight is 407 g/mol. The number of methoxy groups -OCH3 is 1. The van der Waals surface area contributed by atoms with Gasteiger partial charge in [-0.1, -0.05) is 17.7 Å². The summed E-state index contributed by atoms with van der Waals surface area (Å²) in [5.74, 6) is 0.326. The monoisotopic (exact) mass is 406 g/mol. The molecule has 2 N–H and O–H groups in total. The molecule has 2 amide bonds. The molecule has 0 aliphatic heterocycles. The van der Waals surface area contributed by atoms with Gasteiger partial charge < -0.3 is 15.4 Å². The second kappa shape index (κ2) is 8.09. The summed E-state index contributed by atoms with van der Waals surface area (Å²) < 4.78 is 5.16. The van der Waals surface area contributed by atoms with Gasteiger partial charge in [0.1, 0.15) is 10.8 Å². The first-order valence-corrected chi connectivity index (χ1v) is 10.3. The molecule has 1 aromatic heterocycles. The third-order valence-corrected chi connectivity index (χ3v) is 6.21. The first kappa shape index (κ1) is 19.2. The molecule has 4 rings (SSSR count). The molecule has 0 fully saturated rings. The highest BCUT2D eigenvalue weighted by molar-refractivity contribution is 7.17. The predicted molar refractivity (Wildman–Crippen MR) is 116 cm³/mol. The maximum atomic E-state index is 13.1. The molecule has 0 bridgehead atoms. The Kier molecular flexibility index (Phi) is 5.36. The van der Waals surface area contributed by atoms with Crippen molar-refractivity contribution in [3.8, 4) is 5.75 Å². The van der Waals surface area contributed by atoms with E-state index in [4.69, 9.17) is 4.74 Å². The van der Waals surface area contributed by atoms with E-state index in [1.165, 1.54) is 16.2 Å². The SMILES string of the molecule is COc1ccc(NC(=O)c2c(NC(=O)c3cccc(C)c3)sc3c2CCC3)cc1. The third-order valence-electron chi connectivity index (χ3n) is 5.00. The summed E-state index contributed by atoms with van der Waals surface area (Å²) in [6.45, 7) is 1.95. The quantitative estimate of drug-likeness (QED) is 0.622. The Labute approximate surface area is 173 Å². The lowest BCUT2D eigenvalue weighted by Gasteiger charge is -2.10. The van der Waals surface area contributed by atoms with Gasteiger partial charge >= 0.3 is 0 Å². The zero-order valence-electron chi connectivity index (χ0n) is 16.4. The Bertz CT molecular complexity index is 1070. The van der Waals surface area contributed by atoms with Crippen LogP contribution >= 0.6 is 11.3 Å². The number of thiophene rings is 1. The van der Waals surface area contributed by atoms with E-state index in [0.717, 1.165) is 36.1 Å². The first-order valence-electron chi connectivity index (χ1n) is 9.53. The number of ether oxygens (including phenoxy) is 1. The van der Waals surface area contributed by atoms with Gasteiger partial charge in [0.15, 0.2) is 0 Å². The number of anilines is 2. The van der Waals surface area contributed by atoms with E-state index in [-0.39, 0.29) is 11.8 Å². The van der Waals surface area contributed by atoms with Gasteiger partial charge in [0.05, 0.1) is 12.7 Å². The zero-order valence-corrected chi connectivity index (χ0v) is 17.2. The van der Waals surface area contributed by atoms with Crippen molar-refractivity contribution in [3.63, 3.8) is 0 Å². The minimum Gasteiger partial charge on any atom is -0.497 e. The molecule has 29 heavy (non-hydrogen) atoms. The van der Waals surface area contributed by atoms with E-state index in [1.807, 2.05) is 25.1 Å². The standard InChI is InChI=1S/C23H22N2O3S/c1-14-5-3-6-15(13-14)21(26)25-23-20(18-7-4-8-19(18)29-23)22(27)24-16-9-11-17(28-2)12-10-16/h3,5-6,9-13H,4,7-8H2,1-2H3,(H,24,27)(H,25,26). The lowest BCUT2D eigenvalue weighted by molar-refractivity contribution is 0.102. The van der Waals surface area contributed by atoms with Crippen LogP contribution in [0.3, 0.4) is 0 Å². The van der Waals surface area contributed by atoms with Gasteiger partial charge in [-0.05, 0) is 68.1 Å². The number of carbonyl (C=O) groups excluding carboxylic acids is 2. The van der Waals surface area contributed by atoms with Crippen LogP contribution in [0.15, 0.2) is 48.5 Å². The summed E-state index contributed by atoms with van der Waals surface area (Å²) in [6, 6.07) is 14.6. The molecule has 0 atom stereocenters. The molecular formula is C23H22N2O3S. The van der Waals surface area contributed by atoms with Gasteiger partial charge in [0.2, 0.25) is 0 Å². The normalized spacial score (nSPS) is 12.3. The summed E-state index contributed by atoms with van der Waals surface area (Å²) >= 11 is 1.51. The second-order valence-electron chi connectivity index (χ2n) is 7.07. The van der Waals surface area contributed by atoms with Crippen molar-refractivity contribution in [1.82, 2.24) is 0 Å². The molecule has 148 valence electrons. The molecule has 0 radical (unpaired) electrons. The van der Waals surface area contributed by atoms with E-state index in [9.17, 15) is 9.59 Å². The number of hydrogen-bond donors (Lipinski definition) is 2. The largest absolute Gasteiger partial charge is 0.497 e. The molecule has 0 unspecified atom stereocenters. The van der Waals surface area contributed by atoms with Crippen molar-refractivity contribution >= 4 is 33.8 Å². The number of aryl methyl sites for hydroxylation is 2. The summed E-state index contributed by atoms with van der Waals surface area (Å²) in [5, 5.41) is 6.53. The minimum atomic E-state index is -0.202. The van der Waals surface area contributed by atoms with Crippen LogP contribution in [-0.2, 0) is 12.8 Å². The van der Waals surface area contributed by atoms with E-state index < -0.39 is 0 Å². The number of hydrogen-bond acceptors (Lipinski definition) is 4. The fourth-order valence-electron chi connectivity index (χ4n) is 3.56. The fourth-order valence-corrected chi connectivity index (χ4v) is 4.84. The van der Waals surface area contributed by atoms with Crippen LogP contribution in [0, 0.1) is 6.92 Å². The maximum Gasteiger partial charge on any atom is 0.258 e. The number of benzene rings is 2. The van der Waals surface area contributed by atoms with Crippen LogP contribution < -0.4 is 15.4 Å². The summed E-state index contributed by atoms with van der Waals surface area (Å²) in [6.07, 6.45) is 2.84. The van der Waals surface area contributed by atoms with Gasteiger partial charge in [0, 0.05) is 16.1 Å². The van der Waals surface area contributed by atoms with Crippen LogP contribution in [0.1, 0.15) is 43.1 Å². The van der Waals surface area contributed by atoms with E-state index in [1.54, 1.807) is 37.4 Å². The zero-order chi connectivity index (χ0) is 20.4. The Balaban J connectivity index is 1.60. The van der Waals surface area contributed by atoms with E-state index >= 15 is 0 Å². The Hall–Kier alpha value is -3.12. The topological polar surface area (TPSA) is 67.4 Å². The minimum absolute atomic E-state index is 0.200. The number of carbonyl (C=O) groups is 2. The average Bonchev–Trinajstić information content (AvgIpc) is 3.29. The number of amides is 2. The van der Waals surface area contributed by atoms with Crippen LogP contribution in [0.5, 0.6) is 5.75 Å². The molecule has 0 spiro atoms. The highest BCUT2D eigenvalue weighted by Crippen LogP contribution is 2.39. The molecule has 1 aliphatic rings. The Morgan fingerprint density at radius 2 is 1.79 bits per heavy atom. The predicted octanol–water partition coefficient (Wildman–Crippen LogP) is 5.06. The van der Waals surface area contributed by atoms with Gasteiger partial charge in [0.25, 0.3) is 11.8 Å². The Morgan fingerprint density at radius 1 is 1.00 bits per heavy atom. The first-order chi connectivity index (χ1) is 14.0. The van der Waals surface area contributed by atoms with Crippen molar-refractivity contribution in [2.45, 2.75) is 26.2 Å². The number of fused-ring (bicyclic) bond motifs is 1. The number of rotatable bonds is 5. The third kappa shape index (κ3) is 4.03. The van der Waals surface area contributed by atoms with Crippen LogP contribution in [-0.4, -0.2) is 18.9 Å². The van der Waals surface area contributed by atoms with Gasteiger partial charge in [-0.25, -0.2) is 0 Å². The molecule has 6 heteroatoms. The van der Waals surface area contributed by atoms with E-state index in [0.29, 0.717) is 21.8 Å². The Morgan fingerprint density at radius 3 is 2.52 bits per heavy atom. The van der Waals surface area contributed by atoms with E-state index in [2.05, 4.69) is 10.6 Å². The summed E-state index contributed by atoms with van der Waals surface area (Å²) in [7, 11) is 1.60. The molecule has 3 aromatic rings. The van der Waals surface area contributed by atoms with Gasteiger partial charge in [-0.2, -0.15) is 0 Å². The van der Waals surface area contributed by atoms with Crippen molar-refractivity contribution in [2.24, 2.45) is 0 Å². The maximum absolute atomic E-state index is 13.1. The molecule has 2 aromatic carbocycles. The van der Waals surface area contributed by atoms with Crippen LogP contribution in [0.2, 0.25) is 0 Å². The van der Waals surface area contributed by atoms with Crippen LogP contribution in [0.25, 0.3) is 0 Å². The highest BCUT2D eigenvalue weighted by Gasteiger charge is 2.27. The lowest BCUT2D eigenvalue weighted by atomic mass is 10.1. The van der Waals surface area contributed by atoms with Crippen molar-refractivity contribution in [3.05, 3.63) is 75.7 Å². The summed E-state index contributed by atoms with van der Waals surface area (Å²) in [4.78, 5) is 27.0. The van der Waals surface area contributed by atoms with Crippen LogP contribution in [0.4, 0.5) is 10.7 Å². The smallest absolute Gasteiger partial charge is 0.258 e. The molecule has 1 heterocycles. The molecular weight excluding hydrogens is 384 g/mol. The van der Waals surface area contributed by atoms with Gasteiger partial charge in [-0.15, -0.1) is 11.3 Å². The molecule has 5 nitrogen and oxygen atoms in total. The van der Waals surface area contributed by atoms with Crippen molar-refractivity contribution < 1.29 is 14.3 Å². The highest BCUT2D eigenvalue weighted by atomic mass is 32.1. The van der Waals surface area contributed by atoms with Gasteiger partial charge in [-0.3, -0.25) is 9.59 Å². The number of nitrogens with one attached hydrogen (secondary N) is 2. The molecule has 1 aliphatic carbocycles. The molecule has 0 saturated carbocycles. The summed E-state index contributed by atoms with van der Waals surface area (Å²) in [5.41, 5.74) is 3.92. The van der Waals surface area contributed by atoms with Crippen molar-refractivity contribution in [1.29, 1.82) is 0 Å². The fraction of sp³-hybridized carbons (Fsp3) is 0.217. The second-order valence-corrected chi connectivity index (χ2v) is 8.17. The van der Waals surface area contributed by atoms with Crippen molar-refractivity contribution in [2.75, 3.05) is 17.7 Å². The lowest BCUT2D eigenvalue weighted by Crippen LogP contribution is -2.18.